The summed E-state index contributed by atoms with van der Waals surface area (Å²) in [7, 11) is 0. The van der Waals surface area contributed by atoms with Gasteiger partial charge in [-0.25, -0.2) is 4.68 Å². The molecule has 1 unspecified atom stereocenters. The molecule has 1 fully saturated rings. The fourth-order valence-electron chi connectivity index (χ4n) is 3.81. The molecule has 6 nitrogen and oxygen atoms in total. The molecule has 1 aliphatic rings. The average molecular weight is 424 g/mol. The molecule has 2 aromatic heterocycles. The first kappa shape index (κ1) is 20.3. The maximum Gasteiger partial charge on any atom is 0.310 e. The zero-order valence-corrected chi connectivity index (χ0v) is 18.0. The van der Waals surface area contributed by atoms with Gasteiger partial charge < -0.3 is 9.64 Å². The normalized spacial score (nSPS) is 16.5. The number of hydrogen-bond acceptors (Lipinski definition) is 5. The van der Waals surface area contributed by atoms with Crippen molar-refractivity contribution in [1.29, 1.82) is 0 Å². The Balaban J connectivity index is 1.68. The van der Waals surface area contributed by atoms with Gasteiger partial charge >= 0.3 is 5.97 Å². The van der Waals surface area contributed by atoms with Gasteiger partial charge in [-0.15, -0.1) is 11.3 Å². The van der Waals surface area contributed by atoms with E-state index in [9.17, 15) is 9.59 Å². The number of piperidine rings is 1. The van der Waals surface area contributed by atoms with Crippen LogP contribution in [0.15, 0.2) is 47.8 Å². The van der Waals surface area contributed by atoms with Crippen LogP contribution in [-0.2, 0) is 9.53 Å². The maximum absolute atomic E-state index is 13.5. The Morgan fingerprint density at radius 3 is 2.83 bits per heavy atom. The summed E-state index contributed by atoms with van der Waals surface area (Å²) >= 11 is 1.59. The minimum Gasteiger partial charge on any atom is -0.466 e. The molecule has 1 aromatic carbocycles. The lowest BCUT2D eigenvalue weighted by atomic mass is 9.98. The van der Waals surface area contributed by atoms with E-state index in [-0.39, 0.29) is 17.8 Å². The van der Waals surface area contributed by atoms with E-state index in [0.717, 1.165) is 34.7 Å². The fourth-order valence-corrected chi connectivity index (χ4v) is 4.49. The van der Waals surface area contributed by atoms with Crippen molar-refractivity contribution in [2.24, 2.45) is 5.92 Å². The second-order valence-electron chi connectivity index (χ2n) is 7.49. The maximum atomic E-state index is 13.5. The molecule has 0 saturated carbocycles. The van der Waals surface area contributed by atoms with Crippen molar-refractivity contribution in [3.05, 3.63) is 59.1 Å². The Kier molecular flexibility index (Phi) is 5.99. The number of rotatable bonds is 5. The van der Waals surface area contributed by atoms with Crippen LogP contribution >= 0.6 is 11.3 Å². The largest absolute Gasteiger partial charge is 0.466 e. The molecular weight excluding hydrogens is 398 g/mol. The predicted octanol–water partition coefficient (Wildman–Crippen LogP) is 4.32. The van der Waals surface area contributed by atoms with Gasteiger partial charge in [-0.1, -0.05) is 18.2 Å². The highest BCUT2D eigenvalue weighted by atomic mass is 32.1. The molecular formula is C23H25N3O3S. The van der Waals surface area contributed by atoms with Crippen molar-refractivity contribution < 1.29 is 14.3 Å². The molecule has 1 aliphatic heterocycles. The Hall–Kier alpha value is -2.93. The molecule has 1 amide bonds. The van der Waals surface area contributed by atoms with Crippen LogP contribution in [0.1, 0.15) is 35.8 Å². The number of aryl methyl sites for hydroxylation is 1. The van der Waals surface area contributed by atoms with E-state index < -0.39 is 0 Å². The fraction of sp³-hybridized carbons (Fsp3) is 0.348. The molecule has 0 aliphatic carbocycles. The van der Waals surface area contributed by atoms with Crippen molar-refractivity contribution >= 4 is 23.2 Å². The number of amides is 1. The third-order valence-corrected chi connectivity index (χ3v) is 6.17. The predicted molar refractivity (Wildman–Crippen MR) is 117 cm³/mol. The summed E-state index contributed by atoms with van der Waals surface area (Å²) in [6, 6.07) is 13.8. The van der Waals surface area contributed by atoms with Crippen molar-refractivity contribution in [3.8, 4) is 16.3 Å². The smallest absolute Gasteiger partial charge is 0.310 e. The van der Waals surface area contributed by atoms with Gasteiger partial charge in [0.25, 0.3) is 5.91 Å². The minimum absolute atomic E-state index is 0.110. The number of thiophene rings is 1. The molecule has 156 valence electrons. The Morgan fingerprint density at radius 1 is 1.23 bits per heavy atom. The molecule has 7 heteroatoms. The van der Waals surface area contributed by atoms with Crippen LogP contribution in [0.25, 0.3) is 16.3 Å². The van der Waals surface area contributed by atoms with Gasteiger partial charge in [-0.3, -0.25) is 9.59 Å². The van der Waals surface area contributed by atoms with Crippen LogP contribution in [0.4, 0.5) is 0 Å². The minimum atomic E-state index is -0.269. The molecule has 0 radical (unpaired) electrons. The van der Waals surface area contributed by atoms with Gasteiger partial charge in [0, 0.05) is 13.1 Å². The number of aromatic nitrogens is 2. The lowest BCUT2D eigenvalue weighted by molar-refractivity contribution is -0.149. The molecule has 0 N–H and O–H groups in total. The summed E-state index contributed by atoms with van der Waals surface area (Å²) in [5, 5.41) is 6.75. The molecule has 1 saturated heterocycles. The summed E-state index contributed by atoms with van der Waals surface area (Å²) < 4.78 is 6.90. The zero-order chi connectivity index (χ0) is 21.1. The number of hydrogen-bond donors (Lipinski definition) is 0. The van der Waals surface area contributed by atoms with Crippen LogP contribution in [0.2, 0.25) is 0 Å². The van der Waals surface area contributed by atoms with Crippen molar-refractivity contribution in [2.45, 2.75) is 26.7 Å². The highest BCUT2D eigenvalue weighted by Gasteiger charge is 2.31. The first-order valence-electron chi connectivity index (χ1n) is 10.2. The molecule has 3 aromatic rings. The van der Waals surface area contributed by atoms with E-state index in [2.05, 4.69) is 0 Å². The van der Waals surface area contributed by atoms with Gasteiger partial charge in [0.1, 0.15) is 11.4 Å². The molecule has 30 heavy (non-hydrogen) atoms. The summed E-state index contributed by atoms with van der Waals surface area (Å²) in [6.45, 7) is 5.18. The van der Waals surface area contributed by atoms with E-state index in [1.165, 1.54) is 0 Å². The van der Waals surface area contributed by atoms with Gasteiger partial charge in [0.15, 0.2) is 0 Å². The zero-order valence-electron chi connectivity index (χ0n) is 17.2. The number of nitrogens with zero attached hydrogens (tertiary/aromatic N) is 3. The topological polar surface area (TPSA) is 64.4 Å². The van der Waals surface area contributed by atoms with Gasteiger partial charge in [0.05, 0.1) is 23.1 Å². The summed E-state index contributed by atoms with van der Waals surface area (Å²) in [5.41, 5.74) is 3.22. The quantitative estimate of drug-likeness (QED) is 0.573. The number of esters is 1. The van der Waals surface area contributed by atoms with E-state index >= 15 is 0 Å². The standard InChI is InChI=1S/C23H25N3O3S/c1-3-29-23(28)17-8-5-11-25(15-17)22(27)20-14-19(21-10-6-12-30-21)24-26(20)18-9-4-7-16(2)13-18/h4,6-7,9-10,12-14,17H,3,5,8,11,15H2,1-2H3. The highest BCUT2D eigenvalue weighted by molar-refractivity contribution is 7.13. The van der Waals surface area contributed by atoms with Crippen LogP contribution in [0, 0.1) is 12.8 Å². The van der Waals surface area contributed by atoms with E-state index in [1.54, 1.807) is 27.8 Å². The third-order valence-electron chi connectivity index (χ3n) is 5.28. The van der Waals surface area contributed by atoms with Crippen LogP contribution in [-0.4, -0.2) is 46.3 Å². The lowest BCUT2D eigenvalue weighted by Gasteiger charge is -2.31. The van der Waals surface area contributed by atoms with Crippen LogP contribution < -0.4 is 0 Å². The molecule has 1 atom stereocenters. The van der Waals surface area contributed by atoms with Crippen LogP contribution in [0.3, 0.4) is 0 Å². The molecule has 4 rings (SSSR count). The van der Waals surface area contributed by atoms with Gasteiger partial charge in [0.2, 0.25) is 0 Å². The van der Waals surface area contributed by atoms with Crippen molar-refractivity contribution in [1.82, 2.24) is 14.7 Å². The van der Waals surface area contributed by atoms with E-state index in [0.29, 0.717) is 25.4 Å². The molecule has 0 spiro atoms. The van der Waals surface area contributed by atoms with Crippen molar-refractivity contribution in [3.63, 3.8) is 0 Å². The van der Waals surface area contributed by atoms with E-state index in [4.69, 9.17) is 9.84 Å². The molecule has 3 heterocycles. The number of carbonyl (C=O) groups is 2. The third kappa shape index (κ3) is 4.16. The Morgan fingerprint density at radius 2 is 2.10 bits per heavy atom. The van der Waals surface area contributed by atoms with E-state index in [1.807, 2.05) is 54.8 Å². The summed E-state index contributed by atoms with van der Waals surface area (Å²) in [5.74, 6) is -0.600. The molecule has 0 bridgehead atoms. The lowest BCUT2D eigenvalue weighted by Crippen LogP contribution is -2.43. The number of carbonyl (C=O) groups excluding carboxylic acids is 2. The number of benzene rings is 1. The monoisotopic (exact) mass is 423 g/mol. The first-order valence-corrected chi connectivity index (χ1v) is 11.1. The second kappa shape index (κ2) is 8.83. The first-order chi connectivity index (χ1) is 14.6. The van der Waals surface area contributed by atoms with Gasteiger partial charge in [-0.05, 0) is 61.9 Å². The number of likely N-dealkylation sites (tertiary alicyclic amines) is 1. The Labute approximate surface area is 180 Å². The number of ether oxygens (including phenoxy) is 1. The summed E-state index contributed by atoms with van der Waals surface area (Å²) in [4.78, 5) is 28.5. The average Bonchev–Trinajstić information content (AvgIpc) is 3.43. The SMILES string of the molecule is CCOC(=O)C1CCCN(C(=O)c2cc(-c3cccs3)nn2-c2cccc(C)c2)C1. The van der Waals surface area contributed by atoms with Gasteiger partial charge in [-0.2, -0.15) is 5.10 Å². The Bertz CT molecular complexity index is 1040. The van der Waals surface area contributed by atoms with Crippen LogP contribution in [0.5, 0.6) is 0 Å². The van der Waals surface area contributed by atoms with Crippen molar-refractivity contribution in [2.75, 3.05) is 19.7 Å². The highest BCUT2D eigenvalue weighted by Crippen LogP contribution is 2.28. The summed E-state index contributed by atoms with van der Waals surface area (Å²) in [6.07, 6.45) is 1.53. The second-order valence-corrected chi connectivity index (χ2v) is 8.43.